The van der Waals surface area contributed by atoms with E-state index in [1.54, 1.807) is 6.20 Å². The number of carbonyl (C=O) groups excluding carboxylic acids is 2. The molecule has 3 N–H and O–H groups in total. The Labute approximate surface area is 191 Å². The molecule has 5 heterocycles. The van der Waals surface area contributed by atoms with Crippen LogP contribution in [-0.4, -0.2) is 81.3 Å². The van der Waals surface area contributed by atoms with Gasteiger partial charge in [-0.1, -0.05) is 6.08 Å². The summed E-state index contributed by atoms with van der Waals surface area (Å²) in [6.45, 7) is 7.48. The Bertz CT molecular complexity index is 1240. The maximum Gasteiger partial charge on any atom is 0.320 e. The monoisotopic (exact) mass is 449 g/mol. The number of ether oxygens (including phenoxy) is 1. The van der Waals surface area contributed by atoms with Gasteiger partial charge in [0.25, 0.3) is 5.91 Å². The average molecular weight is 450 g/mol. The van der Waals surface area contributed by atoms with Crippen LogP contribution in [0.3, 0.4) is 0 Å². The number of urea groups is 1. The first-order chi connectivity index (χ1) is 16.0. The fourth-order valence-electron chi connectivity index (χ4n) is 4.20. The van der Waals surface area contributed by atoms with Crippen LogP contribution >= 0.6 is 0 Å². The molecule has 5 rings (SSSR count). The van der Waals surface area contributed by atoms with E-state index < -0.39 is 0 Å². The molecule has 0 unspecified atom stereocenters. The van der Waals surface area contributed by atoms with Crippen molar-refractivity contribution in [2.24, 2.45) is 0 Å². The molecule has 2 aliphatic heterocycles. The summed E-state index contributed by atoms with van der Waals surface area (Å²) in [5.41, 5.74) is 5.60. The maximum atomic E-state index is 12.7. The van der Waals surface area contributed by atoms with Gasteiger partial charge in [0.1, 0.15) is 11.3 Å². The molecule has 3 aromatic heterocycles. The number of fused-ring (bicyclic) bond motifs is 1. The van der Waals surface area contributed by atoms with E-state index in [0.29, 0.717) is 50.8 Å². The highest BCUT2D eigenvalue weighted by atomic mass is 16.5. The summed E-state index contributed by atoms with van der Waals surface area (Å²) < 4.78 is 5.34. The molecule has 1 saturated heterocycles. The van der Waals surface area contributed by atoms with E-state index in [9.17, 15) is 9.59 Å². The highest BCUT2D eigenvalue weighted by Gasteiger charge is 2.25. The van der Waals surface area contributed by atoms with E-state index in [0.717, 1.165) is 40.0 Å². The number of nitrogens with zero attached hydrogens (tertiary/aromatic N) is 4. The molecule has 0 spiro atoms. The van der Waals surface area contributed by atoms with Crippen LogP contribution in [0.4, 0.5) is 10.5 Å². The second kappa shape index (κ2) is 8.70. The van der Waals surface area contributed by atoms with Crippen molar-refractivity contribution in [1.82, 2.24) is 30.0 Å². The van der Waals surface area contributed by atoms with E-state index in [2.05, 4.69) is 31.6 Å². The number of nitrogens with one attached hydrogen (secondary N) is 3. The van der Waals surface area contributed by atoms with Crippen molar-refractivity contribution in [3.05, 3.63) is 47.1 Å². The van der Waals surface area contributed by atoms with Gasteiger partial charge >= 0.3 is 6.03 Å². The number of pyridine rings is 1. The number of aromatic nitrogens is 4. The third-order valence-corrected chi connectivity index (χ3v) is 6.32. The second-order valence-electron chi connectivity index (χ2n) is 8.42. The Morgan fingerprint density at radius 3 is 2.64 bits per heavy atom. The van der Waals surface area contributed by atoms with Crippen molar-refractivity contribution in [3.63, 3.8) is 0 Å². The minimum Gasteiger partial charge on any atom is -0.378 e. The van der Waals surface area contributed by atoms with E-state index in [1.165, 1.54) is 0 Å². The molecular formula is C23H27N7O3. The quantitative estimate of drug-likeness (QED) is 0.568. The van der Waals surface area contributed by atoms with Crippen molar-refractivity contribution >= 4 is 34.2 Å². The third-order valence-electron chi connectivity index (χ3n) is 6.32. The summed E-state index contributed by atoms with van der Waals surface area (Å²) in [5, 5.41) is 10.7. The van der Waals surface area contributed by atoms with Gasteiger partial charge in [-0.05, 0) is 38.0 Å². The summed E-state index contributed by atoms with van der Waals surface area (Å²) >= 11 is 0. The normalized spacial score (nSPS) is 16.7. The zero-order chi connectivity index (χ0) is 22.9. The predicted octanol–water partition coefficient (Wildman–Crippen LogP) is 2.70. The molecule has 0 aromatic carbocycles. The molecule has 10 nitrogen and oxygen atoms in total. The van der Waals surface area contributed by atoms with Crippen LogP contribution in [0.15, 0.2) is 24.4 Å². The molecule has 0 aliphatic carbocycles. The molecule has 172 valence electrons. The van der Waals surface area contributed by atoms with Crippen molar-refractivity contribution < 1.29 is 14.3 Å². The average Bonchev–Trinajstić information content (AvgIpc) is 3.42. The number of H-pyrrole nitrogens is 2. The molecule has 1 fully saturated rings. The first kappa shape index (κ1) is 21.2. The van der Waals surface area contributed by atoms with Gasteiger partial charge < -0.3 is 24.8 Å². The van der Waals surface area contributed by atoms with Crippen molar-refractivity contribution in [3.8, 4) is 0 Å². The number of rotatable bonds is 3. The van der Waals surface area contributed by atoms with Crippen LogP contribution in [0.2, 0.25) is 0 Å². The minimum atomic E-state index is -0.245. The van der Waals surface area contributed by atoms with Crippen LogP contribution in [0.5, 0.6) is 0 Å². The van der Waals surface area contributed by atoms with Crippen LogP contribution in [0, 0.1) is 13.8 Å². The number of anilines is 1. The van der Waals surface area contributed by atoms with Crippen molar-refractivity contribution in [2.75, 3.05) is 44.7 Å². The smallest absolute Gasteiger partial charge is 0.320 e. The van der Waals surface area contributed by atoms with Crippen LogP contribution in [-0.2, 0) is 4.74 Å². The van der Waals surface area contributed by atoms with E-state index >= 15 is 0 Å². The number of amides is 3. The summed E-state index contributed by atoms with van der Waals surface area (Å²) in [6, 6.07) is 4.01. The highest BCUT2D eigenvalue weighted by molar-refractivity contribution is 6.04. The lowest BCUT2D eigenvalue weighted by molar-refractivity contribution is 0.0441. The number of morpholine rings is 1. The van der Waals surface area contributed by atoms with E-state index in [4.69, 9.17) is 4.74 Å². The summed E-state index contributed by atoms with van der Waals surface area (Å²) in [6.07, 6.45) is 4.50. The fraction of sp³-hybridized carbons (Fsp3) is 0.391. The van der Waals surface area contributed by atoms with Gasteiger partial charge in [-0.25, -0.2) is 9.78 Å². The highest BCUT2D eigenvalue weighted by Crippen LogP contribution is 2.27. The Morgan fingerprint density at radius 2 is 1.94 bits per heavy atom. The minimum absolute atomic E-state index is 0.0787. The van der Waals surface area contributed by atoms with Gasteiger partial charge in [0.15, 0.2) is 0 Å². The Morgan fingerprint density at radius 1 is 1.12 bits per heavy atom. The fourth-order valence-corrected chi connectivity index (χ4v) is 4.20. The van der Waals surface area contributed by atoms with Crippen LogP contribution in [0.1, 0.15) is 33.9 Å². The van der Waals surface area contributed by atoms with E-state index in [1.807, 2.05) is 35.8 Å². The molecule has 3 amide bonds. The number of aromatic amines is 2. The Balaban J connectivity index is 1.28. The number of aryl methyl sites for hydroxylation is 1. The molecule has 0 bridgehead atoms. The molecule has 0 radical (unpaired) electrons. The first-order valence-corrected chi connectivity index (χ1v) is 11.1. The summed E-state index contributed by atoms with van der Waals surface area (Å²) in [5.74, 6) is -0.245. The molecule has 0 atom stereocenters. The van der Waals surface area contributed by atoms with Gasteiger partial charge in [-0.15, -0.1) is 0 Å². The van der Waals surface area contributed by atoms with Gasteiger partial charge in [0.05, 0.1) is 30.8 Å². The van der Waals surface area contributed by atoms with Gasteiger partial charge in [-0.3, -0.25) is 9.89 Å². The zero-order valence-electron chi connectivity index (χ0n) is 18.8. The lowest BCUT2D eigenvalue weighted by atomic mass is 10.0. The van der Waals surface area contributed by atoms with Crippen LogP contribution < -0.4 is 5.32 Å². The van der Waals surface area contributed by atoms with Gasteiger partial charge in [0.2, 0.25) is 0 Å². The SMILES string of the molecule is Cc1n[nH]c(C(=O)Nc2cnc3[nH]c(C4=CCN(C(=O)N5CCOCC5)CC4)cc3c2)c1C. The molecule has 2 aliphatic rings. The zero-order valence-corrected chi connectivity index (χ0v) is 18.8. The molecule has 10 heteroatoms. The van der Waals surface area contributed by atoms with Gasteiger partial charge in [0, 0.05) is 42.8 Å². The topological polar surface area (TPSA) is 119 Å². The predicted molar refractivity (Wildman–Crippen MR) is 124 cm³/mol. The number of hydrogen-bond donors (Lipinski definition) is 3. The lowest BCUT2D eigenvalue weighted by Crippen LogP contribution is -2.49. The maximum absolute atomic E-state index is 12.7. The Kier molecular flexibility index (Phi) is 5.59. The standard InChI is InChI=1S/C23H27N7O3/c1-14-15(2)27-28-20(14)22(31)25-18-11-17-12-19(26-21(17)24-13-18)16-3-5-29(6-4-16)23(32)30-7-9-33-10-8-30/h3,11-13H,4-10H2,1-2H3,(H,24,26)(H,25,31)(H,27,28). The van der Waals surface area contributed by atoms with Gasteiger partial charge in [-0.2, -0.15) is 5.10 Å². The summed E-state index contributed by atoms with van der Waals surface area (Å²) in [7, 11) is 0. The Hall–Kier alpha value is -3.66. The molecular weight excluding hydrogens is 422 g/mol. The molecule has 3 aromatic rings. The largest absolute Gasteiger partial charge is 0.378 e. The number of carbonyl (C=O) groups is 2. The lowest BCUT2D eigenvalue weighted by Gasteiger charge is -2.34. The molecule has 0 saturated carbocycles. The molecule has 33 heavy (non-hydrogen) atoms. The third kappa shape index (κ3) is 4.21. The second-order valence-corrected chi connectivity index (χ2v) is 8.42. The summed E-state index contributed by atoms with van der Waals surface area (Å²) in [4.78, 5) is 36.8. The first-order valence-electron chi connectivity index (χ1n) is 11.1. The number of hydrogen-bond acceptors (Lipinski definition) is 5. The van der Waals surface area contributed by atoms with Crippen LogP contribution in [0.25, 0.3) is 16.6 Å². The van der Waals surface area contributed by atoms with Crippen molar-refractivity contribution in [1.29, 1.82) is 0 Å². The van der Waals surface area contributed by atoms with Crippen molar-refractivity contribution in [2.45, 2.75) is 20.3 Å². The van der Waals surface area contributed by atoms with E-state index in [-0.39, 0.29) is 11.9 Å².